The summed E-state index contributed by atoms with van der Waals surface area (Å²) in [5.74, 6) is -0.270. The van der Waals surface area contributed by atoms with Crippen molar-refractivity contribution in [3.63, 3.8) is 0 Å². The summed E-state index contributed by atoms with van der Waals surface area (Å²) in [6.45, 7) is 7.25. The van der Waals surface area contributed by atoms with Gasteiger partial charge in [-0.15, -0.1) is 0 Å². The molecule has 0 spiro atoms. The van der Waals surface area contributed by atoms with Crippen molar-refractivity contribution in [1.82, 2.24) is 10.2 Å². The fraction of sp³-hybridized carbons (Fsp3) is 0.556. The Balaban J connectivity index is 1.80. The summed E-state index contributed by atoms with van der Waals surface area (Å²) in [7, 11) is 0. The van der Waals surface area contributed by atoms with Gasteiger partial charge in [0.05, 0.1) is 6.04 Å². The number of piperidine rings is 1. The molecule has 4 nitrogen and oxygen atoms in total. The van der Waals surface area contributed by atoms with Crippen molar-refractivity contribution in [2.45, 2.75) is 58.5 Å². The number of nitrogens with one attached hydrogen (secondary N) is 1. The summed E-state index contributed by atoms with van der Waals surface area (Å²) in [6.07, 6.45) is 7.73. The van der Waals surface area contributed by atoms with E-state index in [-0.39, 0.29) is 17.9 Å². The molecule has 1 N–H and O–H groups in total. The van der Waals surface area contributed by atoms with E-state index in [1.807, 2.05) is 0 Å². The van der Waals surface area contributed by atoms with Crippen LogP contribution in [0, 0.1) is 0 Å². The van der Waals surface area contributed by atoms with Gasteiger partial charge in [0.2, 0.25) is 11.8 Å². The molecule has 1 saturated heterocycles. The summed E-state index contributed by atoms with van der Waals surface area (Å²) in [5, 5.41) is 2.48. The minimum Gasteiger partial charge on any atom is -0.295 e. The molecule has 0 aromatic carbocycles. The fourth-order valence-electron chi connectivity index (χ4n) is 3.84. The van der Waals surface area contributed by atoms with E-state index in [1.165, 1.54) is 22.3 Å². The molecule has 2 atom stereocenters. The molecule has 118 valence electrons. The van der Waals surface area contributed by atoms with Crippen LogP contribution in [0.15, 0.2) is 34.4 Å². The van der Waals surface area contributed by atoms with Gasteiger partial charge >= 0.3 is 0 Å². The van der Waals surface area contributed by atoms with Crippen molar-refractivity contribution < 1.29 is 9.59 Å². The van der Waals surface area contributed by atoms with Gasteiger partial charge in [0.25, 0.3) is 0 Å². The van der Waals surface area contributed by atoms with Gasteiger partial charge in [0.1, 0.15) is 0 Å². The minimum absolute atomic E-state index is 0.128. The second-order valence-electron chi connectivity index (χ2n) is 6.51. The molecule has 4 heteroatoms. The molecule has 1 fully saturated rings. The number of allylic oxidation sites excluding steroid dienone is 3. The van der Waals surface area contributed by atoms with E-state index in [0.29, 0.717) is 18.9 Å². The molecule has 0 saturated carbocycles. The molecule has 0 bridgehead atoms. The predicted molar refractivity (Wildman–Crippen MR) is 86.1 cm³/mol. The second-order valence-corrected chi connectivity index (χ2v) is 6.51. The molecule has 2 heterocycles. The zero-order valence-corrected chi connectivity index (χ0v) is 13.6. The minimum atomic E-state index is -0.169. The van der Waals surface area contributed by atoms with Crippen LogP contribution in [0.5, 0.6) is 0 Å². The third-order valence-corrected chi connectivity index (χ3v) is 5.33. The maximum atomic E-state index is 12.1. The van der Waals surface area contributed by atoms with E-state index >= 15 is 0 Å². The maximum absolute atomic E-state index is 12.1. The Morgan fingerprint density at radius 3 is 2.77 bits per heavy atom. The molecule has 3 aliphatic rings. The molecule has 2 unspecified atom stereocenters. The van der Waals surface area contributed by atoms with Gasteiger partial charge in [0.15, 0.2) is 0 Å². The van der Waals surface area contributed by atoms with E-state index in [2.05, 4.69) is 43.1 Å². The largest absolute Gasteiger partial charge is 0.295 e. The first-order chi connectivity index (χ1) is 10.5. The smallest absolute Gasteiger partial charge is 0.243 e. The van der Waals surface area contributed by atoms with Gasteiger partial charge in [-0.25, -0.2) is 0 Å². The molecule has 0 aromatic heterocycles. The molecular formula is C18H24N2O2. The van der Waals surface area contributed by atoms with Crippen molar-refractivity contribution >= 4 is 11.8 Å². The number of imide groups is 1. The molecule has 1 aliphatic carbocycles. The van der Waals surface area contributed by atoms with Crippen LogP contribution < -0.4 is 5.32 Å². The Kier molecular flexibility index (Phi) is 4.04. The predicted octanol–water partition coefficient (Wildman–Crippen LogP) is 2.48. The highest BCUT2D eigenvalue weighted by Crippen LogP contribution is 2.38. The lowest BCUT2D eigenvalue weighted by Crippen LogP contribution is -2.53. The van der Waals surface area contributed by atoms with Gasteiger partial charge in [-0.05, 0) is 56.8 Å². The lowest BCUT2D eigenvalue weighted by atomic mass is 9.88. The highest BCUT2D eigenvalue weighted by atomic mass is 16.2. The normalized spacial score (nSPS) is 30.3. The third-order valence-electron chi connectivity index (χ3n) is 5.33. The van der Waals surface area contributed by atoms with Crippen LogP contribution in [0.4, 0.5) is 0 Å². The van der Waals surface area contributed by atoms with Crippen LogP contribution in [0.3, 0.4) is 0 Å². The number of carbonyl (C=O) groups is 2. The van der Waals surface area contributed by atoms with Crippen molar-refractivity contribution in [3.05, 3.63) is 34.4 Å². The van der Waals surface area contributed by atoms with E-state index in [4.69, 9.17) is 0 Å². The summed E-state index contributed by atoms with van der Waals surface area (Å²) < 4.78 is 0. The molecule has 0 radical (unpaired) electrons. The average molecular weight is 300 g/mol. The van der Waals surface area contributed by atoms with E-state index in [1.54, 1.807) is 0 Å². The Morgan fingerprint density at radius 2 is 2.09 bits per heavy atom. The van der Waals surface area contributed by atoms with Crippen molar-refractivity contribution in [2.24, 2.45) is 0 Å². The van der Waals surface area contributed by atoms with Crippen molar-refractivity contribution in [3.8, 4) is 0 Å². The van der Waals surface area contributed by atoms with Crippen LogP contribution in [0.2, 0.25) is 0 Å². The first-order valence-corrected chi connectivity index (χ1v) is 8.16. The van der Waals surface area contributed by atoms with Gasteiger partial charge < -0.3 is 0 Å². The number of rotatable bonds is 2. The second kappa shape index (κ2) is 5.84. The SMILES string of the molecule is C/C=C(\C)C1=CC2=C(CC1)C(C)N(C1CCC(=O)NC1=O)C2. The molecule has 2 aliphatic heterocycles. The number of nitrogens with zero attached hydrogens (tertiary/aromatic N) is 1. The topological polar surface area (TPSA) is 49.4 Å². The first kappa shape index (κ1) is 15.2. The third kappa shape index (κ3) is 2.56. The van der Waals surface area contributed by atoms with Crippen LogP contribution in [0.1, 0.15) is 46.5 Å². The van der Waals surface area contributed by atoms with Gasteiger partial charge in [-0.3, -0.25) is 19.8 Å². The summed E-state index contributed by atoms with van der Waals surface area (Å²) in [6, 6.07) is 0.126. The quantitative estimate of drug-likeness (QED) is 0.797. The molecule has 0 aromatic rings. The average Bonchev–Trinajstić information content (AvgIpc) is 2.83. The molecule has 3 rings (SSSR count). The first-order valence-electron chi connectivity index (χ1n) is 8.16. The summed E-state index contributed by atoms with van der Waals surface area (Å²) in [5.41, 5.74) is 5.61. The van der Waals surface area contributed by atoms with Crippen molar-refractivity contribution in [1.29, 1.82) is 0 Å². The molecule has 22 heavy (non-hydrogen) atoms. The van der Waals surface area contributed by atoms with Gasteiger partial charge in [0, 0.05) is 19.0 Å². The van der Waals surface area contributed by atoms with Crippen LogP contribution in [-0.2, 0) is 9.59 Å². The van der Waals surface area contributed by atoms with Gasteiger partial charge in [-0.1, -0.05) is 17.7 Å². The van der Waals surface area contributed by atoms with E-state index < -0.39 is 0 Å². The highest BCUT2D eigenvalue weighted by molar-refractivity contribution is 6.00. The van der Waals surface area contributed by atoms with Gasteiger partial charge in [-0.2, -0.15) is 0 Å². The van der Waals surface area contributed by atoms with Crippen LogP contribution >= 0.6 is 0 Å². The Labute approximate surface area is 131 Å². The van der Waals surface area contributed by atoms with E-state index in [0.717, 1.165) is 19.4 Å². The zero-order valence-electron chi connectivity index (χ0n) is 13.6. The Bertz CT molecular complexity index is 613. The van der Waals surface area contributed by atoms with Crippen molar-refractivity contribution in [2.75, 3.05) is 6.54 Å². The number of hydrogen-bond acceptors (Lipinski definition) is 3. The highest BCUT2D eigenvalue weighted by Gasteiger charge is 2.39. The Hall–Kier alpha value is -1.68. The monoisotopic (exact) mass is 300 g/mol. The number of carbonyl (C=O) groups excluding carboxylic acids is 2. The van der Waals surface area contributed by atoms with E-state index in [9.17, 15) is 9.59 Å². The zero-order chi connectivity index (χ0) is 15.9. The Morgan fingerprint density at radius 1 is 1.32 bits per heavy atom. The van der Waals surface area contributed by atoms with Crippen LogP contribution in [0.25, 0.3) is 0 Å². The van der Waals surface area contributed by atoms with Crippen LogP contribution in [-0.4, -0.2) is 35.3 Å². The maximum Gasteiger partial charge on any atom is 0.243 e. The number of hydrogen-bond donors (Lipinski definition) is 1. The fourth-order valence-corrected chi connectivity index (χ4v) is 3.84. The summed E-state index contributed by atoms with van der Waals surface area (Å²) in [4.78, 5) is 25.7. The number of amides is 2. The lowest BCUT2D eigenvalue weighted by Gasteiger charge is -2.33. The summed E-state index contributed by atoms with van der Waals surface area (Å²) >= 11 is 0. The lowest BCUT2D eigenvalue weighted by molar-refractivity contribution is -0.137. The standard InChI is InChI=1S/C18H24N2O2/c1-4-11(2)13-5-6-15-12(3)20(10-14(15)9-13)16-7-8-17(21)19-18(16)22/h4,9,12,16H,5-8,10H2,1-3H3,(H,19,21,22)/b11-4+. The molecular weight excluding hydrogens is 276 g/mol. The molecule has 2 amide bonds.